The summed E-state index contributed by atoms with van der Waals surface area (Å²) in [6.45, 7) is 5.49. The first-order chi connectivity index (χ1) is 11.1. The standard InChI is InChI=1S/C19H23IO3/c1-14-6-8-17(16(20)12-14)22-10-4-5-11-23-18-9-7-15(2)13-19(18)21-3/h6-9,12-13H,4-5,10-11H2,1-3H3. The zero-order chi connectivity index (χ0) is 16.7. The van der Waals surface area contributed by atoms with E-state index in [0.717, 1.165) is 39.2 Å². The third-order valence-electron chi connectivity index (χ3n) is 3.46. The maximum Gasteiger partial charge on any atom is 0.161 e. The molecule has 0 aliphatic heterocycles. The molecule has 0 unspecified atom stereocenters. The number of halogens is 1. The Kier molecular flexibility index (Phi) is 7.02. The molecule has 0 bridgehead atoms. The van der Waals surface area contributed by atoms with Gasteiger partial charge in [-0.25, -0.2) is 0 Å². The number of aryl methyl sites for hydroxylation is 2. The summed E-state index contributed by atoms with van der Waals surface area (Å²) in [4.78, 5) is 0. The van der Waals surface area contributed by atoms with Gasteiger partial charge in [0.05, 0.1) is 23.9 Å². The molecule has 0 N–H and O–H groups in total. The van der Waals surface area contributed by atoms with Crippen LogP contribution in [0.1, 0.15) is 24.0 Å². The highest BCUT2D eigenvalue weighted by atomic mass is 127. The second-order valence-electron chi connectivity index (χ2n) is 5.49. The monoisotopic (exact) mass is 426 g/mol. The fraction of sp³-hybridized carbons (Fsp3) is 0.368. The summed E-state index contributed by atoms with van der Waals surface area (Å²) in [5.41, 5.74) is 2.41. The summed E-state index contributed by atoms with van der Waals surface area (Å²) in [5.74, 6) is 2.54. The van der Waals surface area contributed by atoms with E-state index in [2.05, 4.69) is 41.6 Å². The lowest BCUT2D eigenvalue weighted by Gasteiger charge is -2.12. The molecule has 0 radical (unpaired) electrons. The highest BCUT2D eigenvalue weighted by Crippen LogP contribution is 2.28. The Morgan fingerprint density at radius 3 is 1.96 bits per heavy atom. The Morgan fingerprint density at radius 2 is 1.35 bits per heavy atom. The third-order valence-corrected chi connectivity index (χ3v) is 4.30. The van der Waals surface area contributed by atoms with Gasteiger partial charge in [-0.15, -0.1) is 0 Å². The predicted molar refractivity (Wildman–Crippen MR) is 102 cm³/mol. The van der Waals surface area contributed by atoms with Crippen LogP contribution in [0.3, 0.4) is 0 Å². The van der Waals surface area contributed by atoms with Crippen molar-refractivity contribution in [3.05, 3.63) is 51.1 Å². The van der Waals surface area contributed by atoms with Crippen LogP contribution in [0.5, 0.6) is 17.2 Å². The van der Waals surface area contributed by atoms with Crippen molar-refractivity contribution < 1.29 is 14.2 Å². The van der Waals surface area contributed by atoms with Crippen LogP contribution in [0.4, 0.5) is 0 Å². The molecule has 23 heavy (non-hydrogen) atoms. The smallest absolute Gasteiger partial charge is 0.161 e. The van der Waals surface area contributed by atoms with Crippen LogP contribution >= 0.6 is 22.6 Å². The van der Waals surface area contributed by atoms with E-state index in [0.29, 0.717) is 13.2 Å². The number of hydrogen-bond donors (Lipinski definition) is 0. The van der Waals surface area contributed by atoms with Crippen LogP contribution in [-0.2, 0) is 0 Å². The van der Waals surface area contributed by atoms with E-state index < -0.39 is 0 Å². The molecule has 0 heterocycles. The summed E-state index contributed by atoms with van der Waals surface area (Å²) in [7, 11) is 1.67. The molecule has 0 aliphatic rings. The van der Waals surface area contributed by atoms with E-state index in [1.54, 1.807) is 7.11 Å². The maximum atomic E-state index is 5.82. The zero-order valence-corrected chi connectivity index (χ0v) is 16.1. The van der Waals surface area contributed by atoms with Crippen molar-refractivity contribution in [3.63, 3.8) is 0 Å². The topological polar surface area (TPSA) is 27.7 Å². The van der Waals surface area contributed by atoms with Gasteiger partial charge in [-0.2, -0.15) is 0 Å². The number of hydrogen-bond acceptors (Lipinski definition) is 3. The van der Waals surface area contributed by atoms with Crippen LogP contribution < -0.4 is 14.2 Å². The lowest BCUT2D eigenvalue weighted by Crippen LogP contribution is -2.04. The molecule has 0 amide bonds. The van der Waals surface area contributed by atoms with Crippen molar-refractivity contribution >= 4 is 22.6 Å². The van der Waals surface area contributed by atoms with E-state index in [4.69, 9.17) is 14.2 Å². The molecule has 0 aromatic heterocycles. The summed E-state index contributed by atoms with van der Waals surface area (Å²) in [6.07, 6.45) is 1.90. The molecular weight excluding hydrogens is 403 g/mol. The molecule has 0 saturated carbocycles. The number of methoxy groups -OCH3 is 1. The molecule has 3 nitrogen and oxygen atoms in total. The minimum Gasteiger partial charge on any atom is -0.493 e. The average molecular weight is 426 g/mol. The highest BCUT2D eigenvalue weighted by Gasteiger charge is 2.04. The van der Waals surface area contributed by atoms with Gasteiger partial charge in [0.15, 0.2) is 11.5 Å². The Bertz CT molecular complexity index is 641. The van der Waals surface area contributed by atoms with Crippen LogP contribution in [0.2, 0.25) is 0 Å². The lowest BCUT2D eigenvalue weighted by atomic mass is 10.2. The van der Waals surface area contributed by atoms with E-state index in [1.807, 2.05) is 31.2 Å². The van der Waals surface area contributed by atoms with Gasteiger partial charge in [-0.3, -0.25) is 0 Å². The molecule has 2 rings (SSSR count). The van der Waals surface area contributed by atoms with Crippen molar-refractivity contribution in [1.29, 1.82) is 0 Å². The second-order valence-corrected chi connectivity index (χ2v) is 6.65. The van der Waals surface area contributed by atoms with Gasteiger partial charge in [-0.1, -0.05) is 12.1 Å². The van der Waals surface area contributed by atoms with Gasteiger partial charge < -0.3 is 14.2 Å². The van der Waals surface area contributed by atoms with Crippen LogP contribution in [0.15, 0.2) is 36.4 Å². The zero-order valence-electron chi connectivity index (χ0n) is 13.9. The van der Waals surface area contributed by atoms with Gasteiger partial charge in [-0.05, 0) is 84.7 Å². The van der Waals surface area contributed by atoms with Crippen LogP contribution in [-0.4, -0.2) is 20.3 Å². The fourth-order valence-corrected chi connectivity index (χ4v) is 3.01. The summed E-state index contributed by atoms with van der Waals surface area (Å²) in [5, 5.41) is 0. The summed E-state index contributed by atoms with van der Waals surface area (Å²) < 4.78 is 18.1. The van der Waals surface area contributed by atoms with Gasteiger partial charge in [0.25, 0.3) is 0 Å². The Balaban J connectivity index is 1.70. The molecule has 0 aliphatic carbocycles. The van der Waals surface area contributed by atoms with Crippen LogP contribution in [0.25, 0.3) is 0 Å². The van der Waals surface area contributed by atoms with Gasteiger partial charge in [0, 0.05) is 0 Å². The lowest BCUT2D eigenvalue weighted by molar-refractivity contribution is 0.257. The average Bonchev–Trinajstić information content (AvgIpc) is 2.53. The second kappa shape index (κ2) is 9.01. The molecule has 0 fully saturated rings. The first kappa shape index (κ1) is 17.9. The number of ether oxygens (including phenoxy) is 3. The Hall–Kier alpha value is -1.43. The SMILES string of the molecule is COc1cc(C)ccc1OCCCCOc1ccc(C)cc1I. The molecule has 4 heteroatoms. The highest BCUT2D eigenvalue weighted by molar-refractivity contribution is 14.1. The normalized spacial score (nSPS) is 10.4. The Morgan fingerprint density at radius 1 is 0.783 bits per heavy atom. The molecular formula is C19H23IO3. The van der Waals surface area contributed by atoms with Crippen molar-refractivity contribution in [2.24, 2.45) is 0 Å². The Labute approximate surface area is 152 Å². The van der Waals surface area contributed by atoms with E-state index in [9.17, 15) is 0 Å². The maximum absolute atomic E-state index is 5.82. The van der Waals surface area contributed by atoms with E-state index in [-0.39, 0.29) is 0 Å². The fourth-order valence-electron chi connectivity index (χ4n) is 2.19. The first-order valence-electron chi connectivity index (χ1n) is 7.76. The molecule has 0 atom stereocenters. The number of benzene rings is 2. The number of unbranched alkanes of at least 4 members (excludes halogenated alkanes) is 1. The first-order valence-corrected chi connectivity index (χ1v) is 8.84. The molecule has 124 valence electrons. The van der Waals surface area contributed by atoms with Crippen molar-refractivity contribution in [2.75, 3.05) is 20.3 Å². The van der Waals surface area contributed by atoms with Crippen LogP contribution in [0, 0.1) is 17.4 Å². The largest absolute Gasteiger partial charge is 0.493 e. The van der Waals surface area contributed by atoms with Gasteiger partial charge in [0.2, 0.25) is 0 Å². The third kappa shape index (κ3) is 5.61. The minimum atomic E-state index is 0.660. The summed E-state index contributed by atoms with van der Waals surface area (Å²) >= 11 is 2.31. The van der Waals surface area contributed by atoms with E-state index in [1.165, 1.54) is 5.56 Å². The molecule has 2 aromatic carbocycles. The molecule has 0 saturated heterocycles. The van der Waals surface area contributed by atoms with Gasteiger partial charge in [0.1, 0.15) is 5.75 Å². The molecule has 0 spiro atoms. The van der Waals surface area contributed by atoms with Crippen molar-refractivity contribution in [1.82, 2.24) is 0 Å². The van der Waals surface area contributed by atoms with Crippen molar-refractivity contribution in [3.8, 4) is 17.2 Å². The van der Waals surface area contributed by atoms with Crippen molar-refractivity contribution in [2.45, 2.75) is 26.7 Å². The quantitative estimate of drug-likeness (QED) is 0.432. The minimum absolute atomic E-state index is 0.660. The number of rotatable bonds is 8. The molecule has 2 aromatic rings. The predicted octanol–water partition coefficient (Wildman–Crippen LogP) is 5.15. The van der Waals surface area contributed by atoms with Gasteiger partial charge >= 0.3 is 0 Å². The van der Waals surface area contributed by atoms with E-state index >= 15 is 0 Å². The summed E-state index contributed by atoms with van der Waals surface area (Å²) in [6, 6.07) is 12.2.